The first-order valence-corrected chi connectivity index (χ1v) is 3.44. The van der Waals surface area contributed by atoms with Crippen LogP contribution in [0.1, 0.15) is 0 Å². The Labute approximate surface area is 64.8 Å². The van der Waals surface area contributed by atoms with E-state index in [2.05, 4.69) is 0 Å². The van der Waals surface area contributed by atoms with Crippen molar-refractivity contribution in [3.63, 3.8) is 0 Å². The molecule has 9 heavy (non-hydrogen) atoms. The van der Waals surface area contributed by atoms with Crippen LogP contribution < -0.4 is 5.73 Å². The summed E-state index contributed by atoms with van der Waals surface area (Å²) in [6.07, 6.45) is 7.23. The summed E-state index contributed by atoms with van der Waals surface area (Å²) in [6, 6.07) is 0. The minimum atomic E-state index is 0.660. The second-order valence-corrected chi connectivity index (χ2v) is 2.52. The van der Waals surface area contributed by atoms with E-state index in [-0.39, 0.29) is 0 Å². The second kappa shape index (κ2) is 5.64. The van der Waals surface area contributed by atoms with Crippen LogP contribution in [0.25, 0.3) is 0 Å². The van der Waals surface area contributed by atoms with E-state index in [9.17, 15) is 4.79 Å². The van der Waals surface area contributed by atoms with E-state index in [1.54, 1.807) is 18.2 Å². The number of hydrogen-bond acceptors (Lipinski definition) is 2. The molecule has 0 saturated heterocycles. The number of rotatable bonds is 3. The monoisotopic (exact) mass is 304 g/mol. The minimum absolute atomic E-state index is 0.660. The molecular weight excluding hydrogens is 297 g/mol. The number of allylic oxidation sites excluding steroid dienone is 3. The number of carbonyl (C=O) groups excluding carboxylic acids is 1. The topological polar surface area (TPSA) is 43.1 Å². The molecule has 3 heteroatoms. The van der Waals surface area contributed by atoms with Crippen molar-refractivity contribution in [1.82, 2.24) is 0 Å². The van der Waals surface area contributed by atoms with E-state index >= 15 is 0 Å². The van der Waals surface area contributed by atoms with Crippen molar-refractivity contribution < 1.29 is 24.1 Å². The molecule has 2 N–H and O–H groups in total. The molecule has 0 atom stereocenters. The van der Waals surface area contributed by atoms with Crippen LogP contribution in [0.4, 0.5) is 0 Å². The quantitative estimate of drug-likeness (QED) is 0.586. The first kappa shape index (κ1) is 8.51. The molecule has 0 fully saturated rings. The molecule has 0 heterocycles. The zero-order chi connectivity index (χ0) is 7.11. The Kier molecular flexibility index (Phi) is 5.33. The fraction of sp³-hybridized carbons (Fsp3) is 0. The summed E-state index contributed by atoms with van der Waals surface area (Å²) in [7, 11) is 0. The Bertz CT molecular complexity index is 160. The van der Waals surface area contributed by atoms with Crippen LogP contribution in [-0.2, 0) is 24.1 Å². The third-order valence-electron chi connectivity index (χ3n) is 0.573. The van der Waals surface area contributed by atoms with Crippen molar-refractivity contribution in [2.75, 3.05) is 0 Å². The molecule has 0 aromatic heterocycles. The zero-order valence-corrected chi connectivity index (χ0v) is 6.96. The van der Waals surface area contributed by atoms with Crippen LogP contribution in [0.2, 0.25) is 0 Å². The summed E-state index contributed by atoms with van der Waals surface area (Å²) in [6.45, 7) is 0. The Balaban J connectivity index is 3.70. The zero-order valence-electron chi connectivity index (χ0n) is 4.69. The predicted molar refractivity (Wildman–Crippen MR) is 33.5 cm³/mol. The average Bonchev–Trinajstić information content (AvgIpc) is 1.89. The maximum absolute atomic E-state index is 9.95. The number of carbonyl (C=O) groups is 1. The Morgan fingerprint density at radius 3 is 2.56 bits per heavy atom. The molecule has 0 bridgehead atoms. The van der Waals surface area contributed by atoms with Crippen LogP contribution in [0.15, 0.2) is 24.4 Å². The van der Waals surface area contributed by atoms with Gasteiger partial charge in [-0.2, -0.15) is 0 Å². The van der Waals surface area contributed by atoms with E-state index in [1.165, 1.54) is 6.20 Å². The third-order valence-corrected chi connectivity index (χ3v) is 1.22. The Morgan fingerprint density at radius 1 is 1.44 bits per heavy atom. The maximum atomic E-state index is 9.95. The number of aldehydes is 1. The molecule has 0 spiro atoms. The molecule has 0 unspecified atom stereocenters. The fourth-order valence-corrected chi connectivity index (χ4v) is 0.464. The van der Waals surface area contributed by atoms with Crippen LogP contribution in [-0.4, -0.2) is 10.2 Å². The van der Waals surface area contributed by atoms with Gasteiger partial charge in [-0.05, 0) is 0 Å². The van der Waals surface area contributed by atoms with Gasteiger partial charge in [-0.1, -0.05) is 0 Å². The summed E-state index contributed by atoms with van der Waals surface area (Å²) in [5, 5.41) is 0. The normalized spacial score (nSPS) is 10.9. The SMILES string of the molecule is N/C=C\C=C/[C](=[Pt])C=O. The third kappa shape index (κ3) is 5.38. The van der Waals surface area contributed by atoms with Crippen molar-refractivity contribution in [1.29, 1.82) is 0 Å². The molecule has 2 nitrogen and oxygen atoms in total. The molecule has 0 saturated carbocycles. The summed E-state index contributed by atoms with van der Waals surface area (Å²) >= 11 is 1.92. The van der Waals surface area contributed by atoms with Crippen molar-refractivity contribution in [3.05, 3.63) is 24.4 Å². The van der Waals surface area contributed by atoms with Crippen LogP contribution >= 0.6 is 0 Å². The Morgan fingerprint density at radius 2 is 2.11 bits per heavy atom. The van der Waals surface area contributed by atoms with E-state index < -0.39 is 0 Å². The van der Waals surface area contributed by atoms with Crippen LogP contribution in [0.3, 0.4) is 0 Å². The molecule has 0 aliphatic rings. The summed E-state index contributed by atoms with van der Waals surface area (Å²) in [5.41, 5.74) is 5.02. The molecule has 0 aliphatic carbocycles. The second-order valence-electron chi connectivity index (χ2n) is 1.21. The summed E-state index contributed by atoms with van der Waals surface area (Å²) in [5.74, 6) is 0. The van der Waals surface area contributed by atoms with E-state index in [0.717, 1.165) is 6.29 Å². The molecule has 0 aromatic carbocycles. The molecular formula is C6H7NOPt. The molecule has 0 aromatic rings. The summed E-state index contributed by atoms with van der Waals surface area (Å²) in [4.78, 5) is 9.95. The fourth-order valence-electron chi connectivity index (χ4n) is 0.245. The van der Waals surface area contributed by atoms with Gasteiger partial charge in [0, 0.05) is 0 Å². The van der Waals surface area contributed by atoms with Crippen molar-refractivity contribution in [3.8, 4) is 0 Å². The van der Waals surface area contributed by atoms with Crippen molar-refractivity contribution >= 4 is 10.2 Å². The van der Waals surface area contributed by atoms with Gasteiger partial charge >= 0.3 is 64.5 Å². The van der Waals surface area contributed by atoms with Gasteiger partial charge in [0.15, 0.2) is 0 Å². The van der Waals surface area contributed by atoms with Gasteiger partial charge < -0.3 is 0 Å². The predicted octanol–water partition coefficient (Wildman–Crippen LogP) is -0.0669. The molecule has 0 aliphatic heterocycles. The van der Waals surface area contributed by atoms with Crippen molar-refractivity contribution in [2.45, 2.75) is 0 Å². The first-order chi connectivity index (χ1) is 4.31. The van der Waals surface area contributed by atoms with Gasteiger partial charge in [-0.25, -0.2) is 0 Å². The van der Waals surface area contributed by atoms with Gasteiger partial charge in [0.05, 0.1) is 0 Å². The standard InChI is InChI=1S/C6H7NO.Pt/c7-5-3-1-2-4-6-8;/h1-3,5-6H,7H2;/b2-1-,5-3-;. The number of hydrogen-bond donors (Lipinski definition) is 1. The molecule has 52 valence electrons. The van der Waals surface area contributed by atoms with E-state index in [4.69, 9.17) is 5.73 Å². The molecule has 0 radical (unpaired) electrons. The molecule has 0 amide bonds. The van der Waals surface area contributed by atoms with Crippen LogP contribution in [0.5, 0.6) is 0 Å². The van der Waals surface area contributed by atoms with Gasteiger partial charge in [0.25, 0.3) is 0 Å². The van der Waals surface area contributed by atoms with Gasteiger partial charge in [-0.3, -0.25) is 0 Å². The van der Waals surface area contributed by atoms with Gasteiger partial charge in [-0.15, -0.1) is 0 Å². The van der Waals surface area contributed by atoms with E-state index in [1.807, 2.05) is 19.4 Å². The Hall–Kier alpha value is -0.492. The summed E-state index contributed by atoms with van der Waals surface area (Å²) < 4.78 is 0.660. The van der Waals surface area contributed by atoms with Gasteiger partial charge in [0.2, 0.25) is 0 Å². The van der Waals surface area contributed by atoms with E-state index in [0.29, 0.717) is 3.90 Å². The first-order valence-electron chi connectivity index (χ1n) is 2.30. The average molecular weight is 304 g/mol. The van der Waals surface area contributed by atoms with Gasteiger partial charge in [0.1, 0.15) is 0 Å². The molecule has 0 rings (SSSR count). The van der Waals surface area contributed by atoms with Crippen LogP contribution in [0, 0.1) is 0 Å². The number of nitrogens with two attached hydrogens (primary N) is 1. The van der Waals surface area contributed by atoms with Crippen molar-refractivity contribution in [2.24, 2.45) is 5.73 Å².